The largest absolute Gasteiger partial charge is 0.355 e. The third kappa shape index (κ3) is 5.13. The van der Waals surface area contributed by atoms with Gasteiger partial charge in [0.1, 0.15) is 0 Å². The molecule has 5 nitrogen and oxygen atoms in total. The van der Waals surface area contributed by atoms with Crippen LogP contribution in [0.4, 0.5) is 0 Å². The Balaban J connectivity index is 1.62. The predicted octanol–water partition coefficient (Wildman–Crippen LogP) is 1.37. The van der Waals surface area contributed by atoms with E-state index in [1.807, 2.05) is 5.38 Å². The lowest BCUT2D eigenvalue weighted by molar-refractivity contribution is -0.121. The van der Waals surface area contributed by atoms with Crippen LogP contribution in [0.1, 0.15) is 36.5 Å². The molecule has 0 saturated carbocycles. The van der Waals surface area contributed by atoms with Gasteiger partial charge in [-0.15, -0.1) is 0 Å². The molecule has 0 unspecified atom stereocenters. The first kappa shape index (κ1) is 16.0. The fourth-order valence-corrected chi connectivity index (χ4v) is 3.03. The third-order valence-electron chi connectivity index (χ3n) is 3.94. The normalized spacial score (nSPS) is 17.2. The number of hydrogen-bond acceptors (Lipinski definition) is 4. The molecule has 1 aromatic heterocycles. The molecule has 21 heavy (non-hydrogen) atoms. The SMILES string of the molecule is CC1(CNC(=O)CCNC(=O)c2ccsc2)CCNCC1. The lowest BCUT2D eigenvalue weighted by atomic mass is 9.81. The standard InChI is InChI=1S/C15H23N3O2S/c1-15(4-7-16-8-5-15)11-18-13(19)2-6-17-14(20)12-3-9-21-10-12/h3,9-10,16H,2,4-8,11H2,1H3,(H,17,20)(H,18,19). The zero-order chi connectivity index (χ0) is 15.1. The molecule has 1 aromatic rings. The average molecular weight is 309 g/mol. The number of amides is 2. The Labute approximate surface area is 129 Å². The Morgan fingerprint density at radius 2 is 2.10 bits per heavy atom. The smallest absolute Gasteiger partial charge is 0.252 e. The van der Waals surface area contributed by atoms with Crippen LogP contribution in [0.5, 0.6) is 0 Å². The fourth-order valence-electron chi connectivity index (χ4n) is 2.39. The number of rotatable bonds is 6. The van der Waals surface area contributed by atoms with Gasteiger partial charge < -0.3 is 16.0 Å². The molecule has 0 radical (unpaired) electrons. The van der Waals surface area contributed by atoms with Gasteiger partial charge in [-0.25, -0.2) is 0 Å². The fraction of sp³-hybridized carbons (Fsp3) is 0.600. The summed E-state index contributed by atoms with van der Waals surface area (Å²) in [6.07, 6.45) is 2.49. The van der Waals surface area contributed by atoms with Crippen LogP contribution in [0.2, 0.25) is 0 Å². The summed E-state index contributed by atoms with van der Waals surface area (Å²) in [6.45, 7) is 5.34. The van der Waals surface area contributed by atoms with Gasteiger partial charge in [0.25, 0.3) is 5.91 Å². The molecule has 6 heteroatoms. The van der Waals surface area contributed by atoms with Crippen LogP contribution >= 0.6 is 11.3 Å². The molecule has 116 valence electrons. The van der Waals surface area contributed by atoms with E-state index >= 15 is 0 Å². The van der Waals surface area contributed by atoms with Crippen LogP contribution < -0.4 is 16.0 Å². The van der Waals surface area contributed by atoms with Gasteiger partial charge in [-0.05, 0) is 42.8 Å². The van der Waals surface area contributed by atoms with Crippen molar-refractivity contribution in [1.82, 2.24) is 16.0 Å². The second-order valence-electron chi connectivity index (χ2n) is 5.86. The van der Waals surface area contributed by atoms with Gasteiger partial charge in [0.2, 0.25) is 5.91 Å². The van der Waals surface area contributed by atoms with Crippen molar-refractivity contribution < 1.29 is 9.59 Å². The van der Waals surface area contributed by atoms with Gasteiger partial charge in [0.15, 0.2) is 0 Å². The van der Waals surface area contributed by atoms with Crippen LogP contribution in [-0.2, 0) is 4.79 Å². The highest BCUT2D eigenvalue weighted by molar-refractivity contribution is 7.08. The maximum atomic E-state index is 11.8. The Bertz CT molecular complexity index is 467. The Hall–Kier alpha value is -1.40. The number of piperidine rings is 1. The van der Waals surface area contributed by atoms with Crippen molar-refractivity contribution in [2.75, 3.05) is 26.2 Å². The van der Waals surface area contributed by atoms with Crippen molar-refractivity contribution in [1.29, 1.82) is 0 Å². The van der Waals surface area contributed by atoms with Crippen LogP contribution in [0.3, 0.4) is 0 Å². The molecule has 3 N–H and O–H groups in total. The Kier molecular flexibility index (Phi) is 5.76. The summed E-state index contributed by atoms with van der Waals surface area (Å²) in [5, 5.41) is 12.7. The molecule has 0 aromatic carbocycles. The second-order valence-corrected chi connectivity index (χ2v) is 6.64. The van der Waals surface area contributed by atoms with Gasteiger partial charge in [0, 0.05) is 30.5 Å². The topological polar surface area (TPSA) is 70.2 Å². The molecular formula is C15H23N3O2S. The van der Waals surface area contributed by atoms with E-state index in [-0.39, 0.29) is 17.2 Å². The molecule has 2 heterocycles. The lowest BCUT2D eigenvalue weighted by Gasteiger charge is -2.34. The van der Waals surface area contributed by atoms with Crippen molar-refractivity contribution in [2.45, 2.75) is 26.2 Å². The highest BCUT2D eigenvalue weighted by Gasteiger charge is 2.26. The minimum atomic E-state index is -0.116. The number of hydrogen-bond donors (Lipinski definition) is 3. The summed E-state index contributed by atoms with van der Waals surface area (Å²) in [4.78, 5) is 23.5. The van der Waals surface area contributed by atoms with E-state index in [1.54, 1.807) is 11.4 Å². The third-order valence-corrected chi connectivity index (χ3v) is 4.63. The van der Waals surface area contributed by atoms with E-state index in [4.69, 9.17) is 0 Å². The van der Waals surface area contributed by atoms with Crippen LogP contribution in [0, 0.1) is 5.41 Å². The van der Waals surface area contributed by atoms with Crippen LogP contribution in [0.25, 0.3) is 0 Å². The molecule has 1 aliphatic heterocycles. The average Bonchev–Trinajstić information content (AvgIpc) is 3.00. The molecule has 2 rings (SSSR count). The van der Waals surface area contributed by atoms with Crippen molar-refractivity contribution >= 4 is 23.2 Å². The van der Waals surface area contributed by atoms with E-state index in [0.717, 1.165) is 25.9 Å². The van der Waals surface area contributed by atoms with Crippen LogP contribution in [-0.4, -0.2) is 38.0 Å². The Morgan fingerprint density at radius 1 is 1.33 bits per heavy atom. The number of carbonyl (C=O) groups excluding carboxylic acids is 2. The number of carbonyl (C=O) groups is 2. The highest BCUT2D eigenvalue weighted by atomic mass is 32.1. The quantitative estimate of drug-likeness (QED) is 0.743. The first-order valence-electron chi connectivity index (χ1n) is 7.37. The van der Waals surface area contributed by atoms with Gasteiger partial charge in [0.05, 0.1) is 0 Å². The number of thiophene rings is 1. The lowest BCUT2D eigenvalue weighted by Crippen LogP contribution is -2.43. The van der Waals surface area contributed by atoms with Crippen molar-refractivity contribution in [3.63, 3.8) is 0 Å². The molecule has 1 fully saturated rings. The summed E-state index contributed by atoms with van der Waals surface area (Å²) in [5.41, 5.74) is 0.850. The zero-order valence-corrected chi connectivity index (χ0v) is 13.2. The molecule has 2 amide bonds. The maximum absolute atomic E-state index is 11.8. The summed E-state index contributed by atoms with van der Waals surface area (Å²) in [6, 6.07) is 1.78. The van der Waals surface area contributed by atoms with E-state index in [9.17, 15) is 9.59 Å². The summed E-state index contributed by atoms with van der Waals surface area (Å²) < 4.78 is 0. The van der Waals surface area contributed by atoms with Crippen molar-refractivity contribution in [3.8, 4) is 0 Å². The monoisotopic (exact) mass is 309 g/mol. The van der Waals surface area contributed by atoms with E-state index in [0.29, 0.717) is 25.1 Å². The molecule has 0 spiro atoms. The predicted molar refractivity (Wildman–Crippen MR) is 84.5 cm³/mol. The van der Waals surface area contributed by atoms with Crippen molar-refractivity contribution in [3.05, 3.63) is 22.4 Å². The second kappa shape index (κ2) is 7.56. The first-order valence-corrected chi connectivity index (χ1v) is 8.31. The highest BCUT2D eigenvalue weighted by Crippen LogP contribution is 2.26. The van der Waals surface area contributed by atoms with Gasteiger partial charge in [-0.1, -0.05) is 6.92 Å². The first-order chi connectivity index (χ1) is 10.1. The molecule has 1 saturated heterocycles. The zero-order valence-electron chi connectivity index (χ0n) is 12.4. The Morgan fingerprint density at radius 3 is 2.76 bits per heavy atom. The van der Waals surface area contributed by atoms with E-state index in [2.05, 4.69) is 22.9 Å². The van der Waals surface area contributed by atoms with E-state index in [1.165, 1.54) is 11.3 Å². The van der Waals surface area contributed by atoms with Gasteiger partial charge >= 0.3 is 0 Å². The maximum Gasteiger partial charge on any atom is 0.252 e. The molecule has 0 bridgehead atoms. The summed E-state index contributed by atoms with van der Waals surface area (Å²) in [7, 11) is 0. The molecule has 0 atom stereocenters. The summed E-state index contributed by atoms with van der Waals surface area (Å²) in [5.74, 6) is -0.116. The van der Waals surface area contributed by atoms with Crippen LogP contribution in [0.15, 0.2) is 16.8 Å². The summed E-state index contributed by atoms with van der Waals surface area (Å²) >= 11 is 1.49. The molecule has 1 aliphatic rings. The van der Waals surface area contributed by atoms with Gasteiger partial charge in [-0.3, -0.25) is 9.59 Å². The van der Waals surface area contributed by atoms with Crippen molar-refractivity contribution in [2.24, 2.45) is 5.41 Å². The minimum absolute atomic E-state index is 0.000348. The minimum Gasteiger partial charge on any atom is -0.355 e. The molecule has 0 aliphatic carbocycles. The van der Waals surface area contributed by atoms with Gasteiger partial charge in [-0.2, -0.15) is 11.3 Å². The molecular weight excluding hydrogens is 286 g/mol. The number of nitrogens with one attached hydrogen (secondary N) is 3. The van der Waals surface area contributed by atoms with E-state index < -0.39 is 0 Å².